The van der Waals surface area contributed by atoms with Gasteiger partial charge in [-0.05, 0) is 43.7 Å². The molecule has 3 heterocycles. The molecule has 2 saturated heterocycles. The Labute approximate surface area is 131 Å². The van der Waals surface area contributed by atoms with Crippen LogP contribution in [0.4, 0.5) is 5.82 Å². The topological polar surface area (TPSA) is 36.4 Å². The van der Waals surface area contributed by atoms with E-state index in [1.54, 1.807) is 6.20 Å². The van der Waals surface area contributed by atoms with E-state index < -0.39 is 0 Å². The molecule has 0 spiro atoms. The lowest BCUT2D eigenvalue weighted by Gasteiger charge is -2.36. The quantitative estimate of drug-likeness (QED) is 0.861. The third-order valence-corrected chi connectivity index (χ3v) is 4.85. The number of hydrogen-bond acceptors (Lipinski definition) is 3. The molecule has 3 rings (SSSR count). The standard InChI is InChI=1S/C16H22ClN3O/c17-14-4-3-8-18-16(14)19-10-6-13(7-11-19)12-20-9-2-1-5-15(20)21/h3-4,8,13H,1-2,5-7,9-12H2. The van der Waals surface area contributed by atoms with Gasteiger partial charge in [-0.3, -0.25) is 4.79 Å². The minimum absolute atomic E-state index is 0.344. The molecule has 2 fully saturated rings. The summed E-state index contributed by atoms with van der Waals surface area (Å²) in [5, 5.41) is 0.724. The van der Waals surface area contributed by atoms with Gasteiger partial charge in [-0.25, -0.2) is 4.98 Å². The number of amides is 1. The molecule has 114 valence electrons. The summed E-state index contributed by atoms with van der Waals surface area (Å²) in [7, 11) is 0. The van der Waals surface area contributed by atoms with Gasteiger partial charge in [0, 0.05) is 38.8 Å². The number of carbonyl (C=O) groups excluding carboxylic acids is 1. The first kappa shape index (κ1) is 14.6. The van der Waals surface area contributed by atoms with Gasteiger partial charge in [0.2, 0.25) is 5.91 Å². The maximum atomic E-state index is 11.9. The molecular weight excluding hydrogens is 286 g/mol. The number of nitrogens with zero attached hydrogens (tertiary/aromatic N) is 3. The highest BCUT2D eigenvalue weighted by Gasteiger charge is 2.26. The first-order valence-electron chi connectivity index (χ1n) is 7.87. The van der Waals surface area contributed by atoms with Crippen molar-refractivity contribution in [2.75, 3.05) is 31.1 Å². The van der Waals surface area contributed by atoms with Crippen molar-refractivity contribution in [3.05, 3.63) is 23.4 Å². The average molecular weight is 308 g/mol. The van der Waals surface area contributed by atoms with E-state index in [0.717, 1.165) is 69.1 Å². The lowest BCUT2D eigenvalue weighted by molar-refractivity contribution is -0.134. The van der Waals surface area contributed by atoms with Crippen LogP contribution in [-0.4, -0.2) is 42.0 Å². The molecule has 2 aliphatic rings. The van der Waals surface area contributed by atoms with Gasteiger partial charge in [0.1, 0.15) is 5.82 Å². The Hall–Kier alpha value is -1.29. The highest BCUT2D eigenvalue weighted by atomic mass is 35.5. The molecule has 0 aliphatic carbocycles. The van der Waals surface area contributed by atoms with Crippen molar-refractivity contribution in [1.29, 1.82) is 0 Å². The van der Waals surface area contributed by atoms with Crippen molar-refractivity contribution in [3.8, 4) is 0 Å². The predicted molar refractivity (Wildman–Crippen MR) is 84.6 cm³/mol. The Balaban J connectivity index is 1.53. The van der Waals surface area contributed by atoms with E-state index in [1.807, 2.05) is 12.1 Å². The molecule has 1 amide bonds. The number of halogens is 1. The van der Waals surface area contributed by atoms with Crippen molar-refractivity contribution in [3.63, 3.8) is 0 Å². The molecule has 0 radical (unpaired) electrons. The number of hydrogen-bond donors (Lipinski definition) is 0. The monoisotopic (exact) mass is 307 g/mol. The summed E-state index contributed by atoms with van der Waals surface area (Å²) >= 11 is 6.21. The molecule has 4 nitrogen and oxygen atoms in total. The van der Waals surface area contributed by atoms with Crippen LogP contribution in [0.25, 0.3) is 0 Å². The second-order valence-corrected chi connectivity index (χ2v) is 6.44. The molecule has 0 N–H and O–H groups in total. The van der Waals surface area contributed by atoms with Crippen molar-refractivity contribution >= 4 is 23.3 Å². The van der Waals surface area contributed by atoms with Crippen LogP contribution in [-0.2, 0) is 4.79 Å². The number of pyridine rings is 1. The van der Waals surface area contributed by atoms with Crippen LogP contribution in [0.1, 0.15) is 32.1 Å². The number of carbonyl (C=O) groups is 1. The fourth-order valence-electron chi connectivity index (χ4n) is 3.30. The number of piperidine rings is 2. The van der Waals surface area contributed by atoms with Gasteiger partial charge >= 0.3 is 0 Å². The van der Waals surface area contributed by atoms with E-state index in [9.17, 15) is 4.79 Å². The molecule has 0 saturated carbocycles. The van der Waals surface area contributed by atoms with Gasteiger partial charge in [-0.2, -0.15) is 0 Å². The molecule has 1 aromatic heterocycles. The predicted octanol–water partition coefficient (Wildman–Crippen LogP) is 2.96. The molecule has 0 aromatic carbocycles. The van der Waals surface area contributed by atoms with E-state index in [1.165, 1.54) is 0 Å². The maximum absolute atomic E-state index is 11.9. The zero-order valence-electron chi connectivity index (χ0n) is 12.3. The highest BCUT2D eigenvalue weighted by molar-refractivity contribution is 6.32. The minimum Gasteiger partial charge on any atom is -0.355 e. The van der Waals surface area contributed by atoms with Crippen LogP contribution in [0.5, 0.6) is 0 Å². The summed E-state index contributed by atoms with van der Waals surface area (Å²) < 4.78 is 0. The molecule has 0 atom stereocenters. The second kappa shape index (κ2) is 6.65. The lowest BCUT2D eigenvalue weighted by Crippen LogP contribution is -2.42. The van der Waals surface area contributed by atoms with E-state index in [0.29, 0.717) is 11.8 Å². The first-order chi connectivity index (χ1) is 10.2. The van der Waals surface area contributed by atoms with Crippen LogP contribution in [0.2, 0.25) is 5.02 Å². The highest BCUT2D eigenvalue weighted by Crippen LogP contribution is 2.28. The molecule has 2 aliphatic heterocycles. The van der Waals surface area contributed by atoms with Crippen molar-refractivity contribution in [2.24, 2.45) is 5.92 Å². The maximum Gasteiger partial charge on any atom is 0.222 e. The fourth-order valence-corrected chi connectivity index (χ4v) is 3.54. The third-order valence-electron chi connectivity index (χ3n) is 4.55. The number of rotatable bonds is 3. The van der Waals surface area contributed by atoms with Gasteiger partial charge in [-0.1, -0.05) is 11.6 Å². The van der Waals surface area contributed by atoms with Gasteiger partial charge in [0.25, 0.3) is 0 Å². The Morgan fingerprint density at radius 1 is 1.24 bits per heavy atom. The number of aromatic nitrogens is 1. The van der Waals surface area contributed by atoms with Gasteiger partial charge < -0.3 is 9.80 Å². The molecule has 0 unspecified atom stereocenters. The van der Waals surface area contributed by atoms with Crippen molar-refractivity contribution in [1.82, 2.24) is 9.88 Å². The Morgan fingerprint density at radius 3 is 2.76 bits per heavy atom. The Bertz CT molecular complexity index is 500. The van der Waals surface area contributed by atoms with Crippen LogP contribution < -0.4 is 4.90 Å². The van der Waals surface area contributed by atoms with E-state index in [4.69, 9.17) is 11.6 Å². The second-order valence-electron chi connectivity index (χ2n) is 6.04. The minimum atomic E-state index is 0.344. The molecule has 0 bridgehead atoms. The smallest absolute Gasteiger partial charge is 0.222 e. The Morgan fingerprint density at radius 2 is 2.05 bits per heavy atom. The summed E-state index contributed by atoms with van der Waals surface area (Å²) in [5.41, 5.74) is 0. The van der Waals surface area contributed by atoms with E-state index in [2.05, 4.69) is 14.8 Å². The van der Waals surface area contributed by atoms with Gasteiger partial charge in [-0.15, -0.1) is 0 Å². The summed E-state index contributed by atoms with van der Waals surface area (Å²) in [4.78, 5) is 20.6. The summed E-state index contributed by atoms with van der Waals surface area (Å²) in [5.74, 6) is 1.86. The zero-order chi connectivity index (χ0) is 14.7. The summed E-state index contributed by atoms with van der Waals surface area (Å²) in [6.07, 6.45) is 6.97. The van der Waals surface area contributed by atoms with E-state index in [-0.39, 0.29) is 0 Å². The SMILES string of the molecule is O=C1CCCCN1CC1CCN(c2ncccc2Cl)CC1. The molecule has 1 aromatic rings. The summed E-state index contributed by atoms with van der Waals surface area (Å²) in [6, 6.07) is 3.75. The fraction of sp³-hybridized carbons (Fsp3) is 0.625. The molecular formula is C16H22ClN3O. The van der Waals surface area contributed by atoms with Crippen LogP contribution in [0.15, 0.2) is 18.3 Å². The van der Waals surface area contributed by atoms with Crippen molar-refractivity contribution in [2.45, 2.75) is 32.1 Å². The van der Waals surface area contributed by atoms with Crippen LogP contribution >= 0.6 is 11.6 Å². The van der Waals surface area contributed by atoms with Crippen LogP contribution in [0.3, 0.4) is 0 Å². The normalized spacial score (nSPS) is 20.9. The number of anilines is 1. The van der Waals surface area contributed by atoms with Crippen molar-refractivity contribution < 1.29 is 4.79 Å². The van der Waals surface area contributed by atoms with E-state index >= 15 is 0 Å². The Kier molecular flexibility index (Phi) is 4.63. The largest absolute Gasteiger partial charge is 0.355 e. The lowest BCUT2D eigenvalue weighted by atomic mass is 9.95. The van der Waals surface area contributed by atoms with Gasteiger partial charge in [0.05, 0.1) is 5.02 Å². The third kappa shape index (κ3) is 3.49. The molecule has 5 heteroatoms. The van der Waals surface area contributed by atoms with Gasteiger partial charge in [0.15, 0.2) is 0 Å². The average Bonchev–Trinajstić information content (AvgIpc) is 2.51. The summed E-state index contributed by atoms with van der Waals surface area (Å²) in [6.45, 7) is 3.83. The first-order valence-corrected chi connectivity index (χ1v) is 8.25. The zero-order valence-corrected chi connectivity index (χ0v) is 13.1. The van der Waals surface area contributed by atoms with Crippen LogP contribution in [0, 0.1) is 5.92 Å². The number of likely N-dealkylation sites (tertiary alicyclic amines) is 1. The molecule has 21 heavy (non-hydrogen) atoms.